The first-order valence-electron chi connectivity index (χ1n) is 9.37. The molecule has 0 aliphatic heterocycles. The Labute approximate surface area is 168 Å². The van der Waals surface area contributed by atoms with Crippen LogP contribution < -0.4 is 10.6 Å². The Morgan fingerprint density at radius 3 is 2.45 bits per heavy atom. The average molecular weight is 384 g/mol. The summed E-state index contributed by atoms with van der Waals surface area (Å²) >= 11 is 0. The third-order valence-corrected chi connectivity index (χ3v) is 4.54. The van der Waals surface area contributed by atoms with Gasteiger partial charge in [-0.25, -0.2) is 4.98 Å². The van der Waals surface area contributed by atoms with Crippen molar-refractivity contribution in [2.75, 3.05) is 11.9 Å². The summed E-state index contributed by atoms with van der Waals surface area (Å²) in [5, 5.41) is 5.72. The van der Waals surface area contributed by atoms with E-state index in [1.165, 1.54) is 0 Å². The molecule has 29 heavy (non-hydrogen) atoms. The van der Waals surface area contributed by atoms with Gasteiger partial charge in [0.05, 0.1) is 16.9 Å². The summed E-state index contributed by atoms with van der Waals surface area (Å²) in [6, 6.07) is 21.7. The van der Waals surface area contributed by atoms with Gasteiger partial charge in [-0.15, -0.1) is 0 Å². The lowest BCUT2D eigenvalue weighted by Gasteiger charge is -2.11. The molecule has 0 aliphatic rings. The average Bonchev–Trinajstić information content (AvgIpc) is 3.17. The zero-order valence-corrected chi connectivity index (χ0v) is 15.7. The quantitative estimate of drug-likeness (QED) is 0.534. The van der Waals surface area contributed by atoms with Gasteiger partial charge in [0.2, 0.25) is 0 Å². The predicted octanol–water partition coefficient (Wildman–Crippen LogP) is 3.56. The van der Waals surface area contributed by atoms with Gasteiger partial charge in [-0.05, 0) is 36.4 Å². The minimum Gasteiger partial charge on any atom is -0.352 e. The molecular weight excluding hydrogens is 364 g/mol. The number of carbonyl (C=O) groups is 2. The van der Waals surface area contributed by atoms with Crippen LogP contribution in [0.15, 0.2) is 85.2 Å². The van der Waals surface area contributed by atoms with E-state index < -0.39 is 0 Å². The second kappa shape index (κ2) is 8.39. The van der Waals surface area contributed by atoms with E-state index >= 15 is 0 Å². The molecule has 2 aromatic carbocycles. The van der Waals surface area contributed by atoms with Crippen molar-refractivity contribution in [3.8, 4) is 0 Å². The number of hydrogen-bond acceptors (Lipinski definition) is 3. The van der Waals surface area contributed by atoms with Crippen LogP contribution in [-0.2, 0) is 6.42 Å². The minimum atomic E-state index is -0.254. The van der Waals surface area contributed by atoms with Crippen molar-refractivity contribution >= 4 is 23.1 Å². The van der Waals surface area contributed by atoms with Crippen LogP contribution in [0.25, 0.3) is 5.65 Å². The van der Waals surface area contributed by atoms with Gasteiger partial charge >= 0.3 is 0 Å². The first-order valence-corrected chi connectivity index (χ1v) is 9.37. The normalized spacial score (nSPS) is 10.6. The number of hydrogen-bond donors (Lipinski definition) is 2. The van der Waals surface area contributed by atoms with E-state index in [1.807, 2.05) is 41.1 Å². The van der Waals surface area contributed by atoms with Gasteiger partial charge in [0.25, 0.3) is 11.8 Å². The second-order valence-corrected chi connectivity index (χ2v) is 6.57. The monoisotopic (exact) mass is 384 g/mol. The molecule has 0 saturated heterocycles. The molecule has 0 bridgehead atoms. The molecule has 6 heteroatoms. The Morgan fingerprint density at radius 2 is 1.62 bits per heavy atom. The molecule has 0 unspecified atom stereocenters. The van der Waals surface area contributed by atoms with Crippen molar-refractivity contribution in [3.63, 3.8) is 0 Å². The van der Waals surface area contributed by atoms with Gasteiger partial charge in [0, 0.05) is 30.9 Å². The summed E-state index contributed by atoms with van der Waals surface area (Å²) in [5.74, 6) is -0.492. The molecule has 4 rings (SSSR count). The third-order valence-electron chi connectivity index (χ3n) is 4.54. The fourth-order valence-electron chi connectivity index (χ4n) is 3.08. The standard InChI is InChI=1S/C23H20N4O2/c28-22(17-8-2-1-3-9-17)26-20-11-5-4-10-19(20)23(29)24-14-13-18-16-27-15-7-6-12-21(27)25-18/h1-12,15-16H,13-14H2,(H,24,29)(H,26,28). The number of nitrogens with one attached hydrogen (secondary N) is 2. The van der Waals surface area contributed by atoms with Gasteiger partial charge in [-0.3, -0.25) is 9.59 Å². The van der Waals surface area contributed by atoms with Crippen LogP contribution in [-0.4, -0.2) is 27.7 Å². The summed E-state index contributed by atoms with van der Waals surface area (Å²) in [6.45, 7) is 0.448. The Kier molecular flexibility index (Phi) is 5.33. The Morgan fingerprint density at radius 1 is 0.862 bits per heavy atom. The van der Waals surface area contributed by atoms with Crippen molar-refractivity contribution in [2.24, 2.45) is 0 Å². The lowest BCUT2D eigenvalue weighted by atomic mass is 10.1. The van der Waals surface area contributed by atoms with Crippen molar-refractivity contribution in [2.45, 2.75) is 6.42 Å². The van der Waals surface area contributed by atoms with Crippen LogP contribution in [0, 0.1) is 0 Å². The van der Waals surface area contributed by atoms with Crippen LogP contribution in [0.4, 0.5) is 5.69 Å². The number of imidazole rings is 1. The molecular formula is C23H20N4O2. The van der Waals surface area contributed by atoms with E-state index in [2.05, 4.69) is 15.6 Å². The van der Waals surface area contributed by atoms with E-state index in [0.717, 1.165) is 11.3 Å². The SMILES string of the molecule is O=C(Nc1ccccc1C(=O)NCCc1cn2ccccc2n1)c1ccccc1. The van der Waals surface area contributed by atoms with Crippen molar-refractivity contribution < 1.29 is 9.59 Å². The number of carbonyl (C=O) groups excluding carboxylic acids is 2. The largest absolute Gasteiger partial charge is 0.352 e. The first-order chi connectivity index (χ1) is 14.2. The van der Waals surface area contributed by atoms with E-state index in [-0.39, 0.29) is 11.8 Å². The highest BCUT2D eigenvalue weighted by Crippen LogP contribution is 2.16. The Hall–Kier alpha value is -3.93. The molecule has 2 aromatic heterocycles. The summed E-state index contributed by atoms with van der Waals surface area (Å²) in [7, 11) is 0. The maximum absolute atomic E-state index is 12.7. The second-order valence-electron chi connectivity index (χ2n) is 6.57. The van der Waals surface area contributed by atoms with E-state index in [4.69, 9.17) is 0 Å². The van der Waals surface area contributed by atoms with Crippen LogP contribution in [0.2, 0.25) is 0 Å². The number of pyridine rings is 1. The molecule has 144 valence electrons. The molecule has 0 atom stereocenters. The topological polar surface area (TPSA) is 75.5 Å². The molecule has 6 nitrogen and oxygen atoms in total. The van der Waals surface area contributed by atoms with Crippen LogP contribution in [0.5, 0.6) is 0 Å². The number of rotatable bonds is 6. The molecule has 0 saturated carbocycles. The Bertz CT molecular complexity index is 1120. The molecule has 2 heterocycles. The highest BCUT2D eigenvalue weighted by Gasteiger charge is 2.14. The maximum atomic E-state index is 12.7. The highest BCUT2D eigenvalue weighted by molar-refractivity contribution is 6.08. The molecule has 0 spiro atoms. The van der Waals surface area contributed by atoms with Crippen LogP contribution in [0.3, 0.4) is 0 Å². The maximum Gasteiger partial charge on any atom is 0.255 e. The number of fused-ring (bicyclic) bond motifs is 1. The van der Waals surface area contributed by atoms with Crippen molar-refractivity contribution in [3.05, 3.63) is 102 Å². The fourth-order valence-corrected chi connectivity index (χ4v) is 3.08. The van der Waals surface area contributed by atoms with E-state index in [1.54, 1.807) is 48.5 Å². The van der Waals surface area contributed by atoms with Crippen molar-refractivity contribution in [1.82, 2.24) is 14.7 Å². The summed E-state index contributed by atoms with van der Waals surface area (Å²) in [5.41, 5.74) is 3.22. The number of anilines is 1. The molecule has 4 aromatic rings. The Balaban J connectivity index is 1.40. The van der Waals surface area contributed by atoms with Crippen LogP contribution in [0.1, 0.15) is 26.4 Å². The molecule has 2 N–H and O–H groups in total. The fraction of sp³-hybridized carbons (Fsp3) is 0.0870. The van der Waals surface area contributed by atoms with E-state index in [9.17, 15) is 9.59 Å². The molecule has 0 radical (unpaired) electrons. The number of nitrogens with zero attached hydrogens (tertiary/aromatic N) is 2. The zero-order valence-electron chi connectivity index (χ0n) is 15.7. The predicted molar refractivity (Wildman–Crippen MR) is 112 cm³/mol. The van der Waals surface area contributed by atoms with Gasteiger partial charge in [0.15, 0.2) is 0 Å². The highest BCUT2D eigenvalue weighted by atomic mass is 16.2. The zero-order chi connectivity index (χ0) is 20.1. The lowest BCUT2D eigenvalue weighted by molar-refractivity contribution is 0.0955. The summed E-state index contributed by atoms with van der Waals surface area (Å²) in [4.78, 5) is 29.6. The van der Waals surface area contributed by atoms with Gasteiger partial charge in [-0.2, -0.15) is 0 Å². The molecule has 0 fully saturated rings. The third kappa shape index (κ3) is 4.32. The number of amides is 2. The first kappa shape index (κ1) is 18.4. The van der Waals surface area contributed by atoms with Gasteiger partial charge < -0.3 is 15.0 Å². The summed E-state index contributed by atoms with van der Waals surface area (Å²) in [6.07, 6.45) is 4.51. The smallest absolute Gasteiger partial charge is 0.255 e. The van der Waals surface area contributed by atoms with Gasteiger partial charge in [0.1, 0.15) is 5.65 Å². The number of para-hydroxylation sites is 1. The summed E-state index contributed by atoms with van der Waals surface area (Å²) < 4.78 is 1.95. The molecule has 2 amide bonds. The van der Waals surface area contributed by atoms with Crippen molar-refractivity contribution in [1.29, 1.82) is 0 Å². The van der Waals surface area contributed by atoms with Crippen LogP contribution >= 0.6 is 0 Å². The number of benzene rings is 2. The van der Waals surface area contributed by atoms with E-state index in [0.29, 0.717) is 29.8 Å². The molecule has 0 aliphatic carbocycles. The minimum absolute atomic E-state index is 0.238. The number of aromatic nitrogens is 2. The lowest BCUT2D eigenvalue weighted by Crippen LogP contribution is -2.27. The van der Waals surface area contributed by atoms with Gasteiger partial charge in [-0.1, -0.05) is 36.4 Å².